The fraction of sp³-hybridized carbons (Fsp3) is 0.625. The number of hydrogen-bond acceptors (Lipinski definition) is 0. The second-order valence-corrected chi connectivity index (χ2v) is 6.60. The molecule has 0 aliphatic heterocycles. The molecule has 0 spiro atoms. The average molecular weight is 216 g/mol. The Bertz CT molecular complexity index is 345. The van der Waals surface area contributed by atoms with E-state index in [1.807, 2.05) is 0 Å². The summed E-state index contributed by atoms with van der Waals surface area (Å²) in [4.78, 5) is 0. The molecular formula is C16H24. The molecule has 0 aromatic heterocycles. The quantitative estimate of drug-likeness (QED) is 0.631. The Morgan fingerprint density at radius 3 is 1.88 bits per heavy atom. The monoisotopic (exact) mass is 216 g/mol. The maximum atomic E-state index is 2.42. The second-order valence-electron chi connectivity index (χ2n) is 6.60. The summed E-state index contributed by atoms with van der Waals surface area (Å²) in [6.07, 6.45) is 5.53. The van der Waals surface area contributed by atoms with Crippen LogP contribution in [0.1, 0.15) is 64.5 Å². The van der Waals surface area contributed by atoms with Crippen LogP contribution in [-0.2, 0) is 10.8 Å². The van der Waals surface area contributed by atoms with E-state index in [1.165, 1.54) is 36.8 Å². The van der Waals surface area contributed by atoms with E-state index in [-0.39, 0.29) is 5.41 Å². The first-order valence-electron chi connectivity index (χ1n) is 6.53. The lowest BCUT2D eigenvalue weighted by atomic mass is 9.79. The maximum Gasteiger partial charge on any atom is -0.00752 e. The van der Waals surface area contributed by atoms with Crippen LogP contribution in [0.15, 0.2) is 24.3 Å². The van der Waals surface area contributed by atoms with Crippen LogP contribution < -0.4 is 0 Å². The molecule has 0 heteroatoms. The molecule has 1 aliphatic carbocycles. The largest absolute Gasteiger partial charge is 0.0582 e. The molecule has 1 fully saturated rings. The van der Waals surface area contributed by atoms with Gasteiger partial charge in [-0.05, 0) is 34.8 Å². The highest BCUT2D eigenvalue weighted by atomic mass is 14.3. The molecule has 1 aromatic rings. The van der Waals surface area contributed by atoms with Gasteiger partial charge in [0.05, 0.1) is 0 Å². The van der Waals surface area contributed by atoms with Gasteiger partial charge < -0.3 is 0 Å². The summed E-state index contributed by atoms with van der Waals surface area (Å²) < 4.78 is 0. The van der Waals surface area contributed by atoms with Gasteiger partial charge in [-0.2, -0.15) is 0 Å². The Kier molecular flexibility index (Phi) is 2.86. The average Bonchev–Trinajstić information content (AvgIpc) is 2.66. The Balaban J connectivity index is 2.26. The zero-order chi connectivity index (χ0) is 11.8. The van der Waals surface area contributed by atoms with Crippen LogP contribution in [0.25, 0.3) is 0 Å². The molecule has 0 atom stereocenters. The van der Waals surface area contributed by atoms with E-state index >= 15 is 0 Å². The predicted molar refractivity (Wildman–Crippen MR) is 71.0 cm³/mol. The van der Waals surface area contributed by atoms with Crippen molar-refractivity contribution in [3.63, 3.8) is 0 Å². The molecule has 0 N–H and O–H groups in total. The van der Waals surface area contributed by atoms with E-state index < -0.39 is 0 Å². The molecular weight excluding hydrogens is 192 g/mol. The van der Waals surface area contributed by atoms with Crippen molar-refractivity contribution in [2.75, 3.05) is 0 Å². The van der Waals surface area contributed by atoms with Crippen molar-refractivity contribution in [3.8, 4) is 0 Å². The van der Waals surface area contributed by atoms with Crippen LogP contribution >= 0.6 is 0 Å². The summed E-state index contributed by atoms with van der Waals surface area (Å²) in [7, 11) is 0. The molecule has 0 radical (unpaired) electrons. The van der Waals surface area contributed by atoms with Crippen molar-refractivity contribution in [2.24, 2.45) is 0 Å². The number of hydrogen-bond donors (Lipinski definition) is 0. The van der Waals surface area contributed by atoms with Crippen molar-refractivity contribution in [2.45, 2.75) is 64.2 Å². The second kappa shape index (κ2) is 3.91. The summed E-state index contributed by atoms with van der Waals surface area (Å²) in [5.74, 6) is 0. The molecule has 0 nitrogen and oxygen atoms in total. The summed E-state index contributed by atoms with van der Waals surface area (Å²) in [6, 6.07) is 9.34. The van der Waals surface area contributed by atoms with Gasteiger partial charge in [-0.3, -0.25) is 0 Å². The van der Waals surface area contributed by atoms with Gasteiger partial charge in [0.25, 0.3) is 0 Å². The summed E-state index contributed by atoms with van der Waals surface area (Å²) in [5.41, 5.74) is 3.71. The van der Waals surface area contributed by atoms with Crippen molar-refractivity contribution in [3.05, 3.63) is 35.4 Å². The van der Waals surface area contributed by atoms with E-state index in [0.29, 0.717) is 5.41 Å². The molecule has 1 saturated carbocycles. The third-order valence-corrected chi connectivity index (χ3v) is 4.15. The molecule has 1 aromatic carbocycles. The topological polar surface area (TPSA) is 0 Å². The van der Waals surface area contributed by atoms with Gasteiger partial charge in [-0.1, -0.05) is 64.8 Å². The lowest BCUT2D eigenvalue weighted by molar-refractivity contribution is 0.490. The van der Waals surface area contributed by atoms with Gasteiger partial charge in [0.1, 0.15) is 0 Å². The molecule has 0 saturated heterocycles. The van der Waals surface area contributed by atoms with Crippen molar-refractivity contribution >= 4 is 0 Å². The molecule has 0 heterocycles. The smallest absolute Gasteiger partial charge is 0.00752 e. The summed E-state index contributed by atoms with van der Waals surface area (Å²) >= 11 is 0. The highest BCUT2D eigenvalue weighted by Crippen LogP contribution is 2.40. The molecule has 88 valence electrons. The fourth-order valence-corrected chi connectivity index (χ4v) is 2.82. The molecule has 16 heavy (non-hydrogen) atoms. The van der Waals surface area contributed by atoms with Gasteiger partial charge in [0.15, 0.2) is 0 Å². The van der Waals surface area contributed by atoms with Gasteiger partial charge in [0.2, 0.25) is 0 Å². The Morgan fingerprint density at radius 1 is 0.938 bits per heavy atom. The minimum absolute atomic E-state index is 0.273. The fourth-order valence-electron chi connectivity index (χ4n) is 2.82. The lowest BCUT2D eigenvalue weighted by Gasteiger charge is -2.26. The minimum atomic E-state index is 0.273. The Hall–Kier alpha value is -0.780. The Labute approximate surface area is 100 Å². The third-order valence-electron chi connectivity index (χ3n) is 4.15. The highest BCUT2D eigenvalue weighted by Gasteiger charge is 2.30. The summed E-state index contributed by atoms with van der Waals surface area (Å²) in [6.45, 7) is 9.25. The van der Waals surface area contributed by atoms with Gasteiger partial charge in [-0.15, -0.1) is 0 Å². The van der Waals surface area contributed by atoms with E-state index in [0.717, 1.165) is 0 Å². The standard InChI is InChI=1S/C16H24/c1-15(2,3)13-7-9-14(10-8-13)16(4)11-5-6-12-16/h7-10H,5-6,11-12H2,1-4H3. The van der Waals surface area contributed by atoms with Crippen molar-refractivity contribution in [1.29, 1.82) is 0 Å². The molecule has 0 unspecified atom stereocenters. The zero-order valence-electron chi connectivity index (χ0n) is 11.1. The van der Waals surface area contributed by atoms with Crippen LogP contribution in [0.3, 0.4) is 0 Å². The molecule has 2 rings (SSSR count). The van der Waals surface area contributed by atoms with E-state index in [2.05, 4.69) is 52.0 Å². The minimum Gasteiger partial charge on any atom is -0.0582 e. The molecule has 0 amide bonds. The first-order valence-corrected chi connectivity index (χ1v) is 6.53. The first-order chi connectivity index (χ1) is 7.42. The predicted octanol–water partition coefficient (Wildman–Crippen LogP) is 4.82. The highest BCUT2D eigenvalue weighted by molar-refractivity contribution is 5.32. The molecule has 0 bridgehead atoms. The van der Waals surface area contributed by atoms with Crippen molar-refractivity contribution < 1.29 is 0 Å². The van der Waals surface area contributed by atoms with E-state index in [1.54, 1.807) is 0 Å². The number of benzene rings is 1. The SMILES string of the molecule is CC(C)(C)c1ccc(C2(C)CCCC2)cc1. The third kappa shape index (κ3) is 2.16. The van der Waals surface area contributed by atoms with E-state index in [9.17, 15) is 0 Å². The van der Waals surface area contributed by atoms with Crippen LogP contribution in [0.2, 0.25) is 0 Å². The van der Waals surface area contributed by atoms with Gasteiger partial charge in [0, 0.05) is 0 Å². The van der Waals surface area contributed by atoms with Gasteiger partial charge >= 0.3 is 0 Å². The van der Waals surface area contributed by atoms with E-state index in [4.69, 9.17) is 0 Å². The molecule has 1 aliphatic rings. The van der Waals surface area contributed by atoms with Crippen LogP contribution in [-0.4, -0.2) is 0 Å². The zero-order valence-corrected chi connectivity index (χ0v) is 11.1. The number of rotatable bonds is 1. The van der Waals surface area contributed by atoms with Gasteiger partial charge in [-0.25, -0.2) is 0 Å². The van der Waals surface area contributed by atoms with Crippen LogP contribution in [0.4, 0.5) is 0 Å². The maximum absolute atomic E-state index is 2.42. The Morgan fingerprint density at radius 2 is 1.44 bits per heavy atom. The van der Waals surface area contributed by atoms with Crippen molar-refractivity contribution in [1.82, 2.24) is 0 Å². The first kappa shape index (κ1) is 11.7. The normalized spacial score (nSPS) is 20.0. The lowest BCUT2D eigenvalue weighted by Crippen LogP contribution is -2.17. The van der Waals surface area contributed by atoms with Crippen LogP contribution in [0, 0.1) is 0 Å². The van der Waals surface area contributed by atoms with Crippen LogP contribution in [0.5, 0.6) is 0 Å². The summed E-state index contributed by atoms with van der Waals surface area (Å²) in [5, 5.41) is 0.